The van der Waals surface area contributed by atoms with Crippen LogP contribution in [0.2, 0.25) is 0 Å². The van der Waals surface area contributed by atoms with Crippen LogP contribution in [0.25, 0.3) is 0 Å². The van der Waals surface area contributed by atoms with Crippen LogP contribution >= 0.6 is 0 Å². The minimum atomic E-state index is -0.838. The summed E-state index contributed by atoms with van der Waals surface area (Å²) in [4.78, 5) is 22.1. The zero-order valence-electron chi connectivity index (χ0n) is 20.0. The predicted molar refractivity (Wildman–Crippen MR) is 125 cm³/mol. The van der Waals surface area contributed by atoms with Crippen LogP contribution in [0.1, 0.15) is 96.8 Å². The Labute approximate surface area is 189 Å². The van der Waals surface area contributed by atoms with E-state index in [1.165, 1.54) is 71.3 Å². The van der Waals surface area contributed by atoms with E-state index >= 15 is 0 Å². The average Bonchev–Trinajstić information content (AvgIpc) is 2.80. The average molecular weight is 437 g/mol. The second kappa shape index (κ2) is 18.2. The SMILES string of the molecule is C/C=C/C=C/CCCCCCCCCCCCC[C@@]1(OC)C=C[C@@H](CC(=O)OC)OO1. The molecule has 31 heavy (non-hydrogen) atoms. The lowest BCUT2D eigenvalue weighted by molar-refractivity contribution is -0.428. The molecule has 0 radical (unpaired) electrons. The molecule has 1 aliphatic heterocycles. The van der Waals surface area contributed by atoms with Gasteiger partial charge in [0.25, 0.3) is 0 Å². The lowest BCUT2D eigenvalue weighted by Crippen LogP contribution is -2.38. The van der Waals surface area contributed by atoms with Gasteiger partial charge in [0.2, 0.25) is 5.79 Å². The second-order valence-electron chi connectivity index (χ2n) is 8.26. The first kappa shape index (κ1) is 27.6. The molecule has 0 saturated heterocycles. The van der Waals surface area contributed by atoms with Gasteiger partial charge >= 0.3 is 5.97 Å². The lowest BCUT2D eigenvalue weighted by Gasteiger charge is -2.32. The van der Waals surface area contributed by atoms with E-state index in [4.69, 9.17) is 14.5 Å². The van der Waals surface area contributed by atoms with Crippen LogP contribution in [0.3, 0.4) is 0 Å². The first-order valence-electron chi connectivity index (χ1n) is 12.1. The summed E-state index contributed by atoms with van der Waals surface area (Å²) < 4.78 is 10.2. The molecule has 0 aromatic rings. The molecule has 0 amide bonds. The lowest BCUT2D eigenvalue weighted by atomic mass is 10.0. The van der Waals surface area contributed by atoms with E-state index in [-0.39, 0.29) is 12.4 Å². The molecule has 0 aliphatic carbocycles. The van der Waals surface area contributed by atoms with E-state index in [1.54, 1.807) is 7.11 Å². The third-order valence-electron chi connectivity index (χ3n) is 5.65. The number of carbonyl (C=O) groups is 1. The maximum Gasteiger partial charge on any atom is 0.308 e. The Balaban J connectivity index is 1.97. The first-order valence-corrected chi connectivity index (χ1v) is 12.1. The Kier molecular flexibility index (Phi) is 16.2. The van der Waals surface area contributed by atoms with Crippen LogP contribution in [0.5, 0.6) is 0 Å². The highest BCUT2D eigenvalue weighted by atomic mass is 17.2. The highest BCUT2D eigenvalue weighted by molar-refractivity contribution is 5.70. The minimum Gasteiger partial charge on any atom is -0.469 e. The number of esters is 1. The van der Waals surface area contributed by atoms with E-state index in [0.717, 1.165) is 19.3 Å². The van der Waals surface area contributed by atoms with Gasteiger partial charge in [0.15, 0.2) is 0 Å². The van der Waals surface area contributed by atoms with Crippen LogP contribution in [-0.4, -0.2) is 32.1 Å². The Morgan fingerprint density at radius 2 is 1.55 bits per heavy atom. The molecule has 178 valence electrons. The van der Waals surface area contributed by atoms with Crippen molar-refractivity contribution in [3.63, 3.8) is 0 Å². The Morgan fingerprint density at radius 1 is 0.935 bits per heavy atom. The third kappa shape index (κ3) is 13.6. The molecule has 5 nitrogen and oxygen atoms in total. The molecular formula is C26H44O5. The molecule has 0 bridgehead atoms. The van der Waals surface area contributed by atoms with Gasteiger partial charge in [-0.25, -0.2) is 4.89 Å². The Morgan fingerprint density at radius 3 is 2.06 bits per heavy atom. The normalized spacial score (nSPS) is 21.3. The van der Waals surface area contributed by atoms with Gasteiger partial charge < -0.3 is 9.47 Å². The summed E-state index contributed by atoms with van der Waals surface area (Å²) in [5.41, 5.74) is 0. The van der Waals surface area contributed by atoms with Crippen molar-refractivity contribution in [3.05, 3.63) is 36.5 Å². The quantitative estimate of drug-likeness (QED) is 0.0762. The molecule has 1 aliphatic rings. The number of methoxy groups -OCH3 is 2. The fraction of sp³-hybridized carbons (Fsp3) is 0.731. The minimum absolute atomic E-state index is 0.140. The van der Waals surface area contributed by atoms with Gasteiger partial charge in [-0.05, 0) is 32.3 Å². The fourth-order valence-corrected chi connectivity index (χ4v) is 3.65. The zero-order chi connectivity index (χ0) is 22.6. The van der Waals surface area contributed by atoms with Crippen molar-refractivity contribution in [3.8, 4) is 0 Å². The summed E-state index contributed by atoms with van der Waals surface area (Å²) in [5.74, 6) is -1.16. The van der Waals surface area contributed by atoms with Gasteiger partial charge in [-0.1, -0.05) is 88.2 Å². The van der Waals surface area contributed by atoms with Crippen molar-refractivity contribution in [2.45, 2.75) is 109 Å². The summed E-state index contributed by atoms with van der Waals surface area (Å²) >= 11 is 0. The van der Waals surface area contributed by atoms with Gasteiger partial charge in [-0.2, -0.15) is 4.89 Å². The summed E-state index contributed by atoms with van der Waals surface area (Å²) in [6.07, 6.45) is 28.1. The van der Waals surface area contributed by atoms with E-state index in [2.05, 4.69) is 29.0 Å². The molecule has 0 spiro atoms. The van der Waals surface area contributed by atoms with Crippen LogP contribution < -0.4 is 0 Å². The molecule has 0 aromatic heterocycles. The van der Waals surface area contributed by atoms with Gasteiger partial charge in [0, 0.05) is 13.5 Å². The number of hydrogen-bond donors (Lipinski definition) is 0. The zero-order valence-corrected chi connectivity index (χ0v) is 20.0. The van der Waals surface area contributed by atoms with E-state index in [9.17, 15) is 4.79 Å². The smallest absolute Gasteiger partial charge is 0.308 e. The summed E-state index contributed by atoms with van der Waals surface area (Å²) in [5, 5.41) is 0. The van der Waals surface area contributed by atoms with E-state index < -0.39 is 11.9 Å². The monoisotopic (exact) mass is 436 g/mol. The molecule has 0 unspecified atom stereocenters. The molecule has 5 heteroatoms. The Bertz CT molecular complexity index is 540. The molecule has 2 atom stereocenters. The largest absolute Gasteiger partial charge is 0.469 e. The highest BCUT2D eigenvalue weighted by Crippen LogP contribution is 2.28. The number of allylic oxidation sites excluding steroid dienone is 4. The van der Waals surface area contributed by atoms with Crippen molar-refractivity contribution >= 4 is 5.97 Å². The second-order valence-corrected chi connectivity index (χ2v) is 8.26. The number of hydrogen-bond acceptors (Lipinski definition) is 5. The van der Waals surface area contributed by atoms with Gasteiger partial charge in [0.05, 0.1) is 13.5 Å². The van der Waals surface area contributed by atoms with Gasteiger partial charge in [-0.3, -0.25) is 4.79 Å². The van der Waals surface area contributed by atoms with Crippen molar-refractivity contribution in [2.24, 2.45) is 0 Å². The molecule has 1 rings (SSSR count). The highest BCUT2D eigenvalue weighted by Gasteiger charge is 2.34. The predicted octanol–water partition coefficient (Wildman–Crippen LogP) is 6.98. The fourth-order valence-electron chi connectivity index (χ4n) is 3.65. The summed E-state index contributed by atoms with van der Waals surface area (Å²) in [6, 6.07) is 0. The van der Waals surface area contributed by atoms with Crippen molar-refractivity contribution in [1.29, 1.82) is 0 Å². The van der Waals surface area contributed by atoms with Crippen LogP contribution in [0.4, 0.5) is 0 Å². The molecule has 1 heterocycles. The van der Waals surface area contributed by atoms with E-state index in [0.29, 0.717) is 0 Å². The van der Waals surface area contributed by atoms with E-state index in [1.807, 2.05) is 19.1 Å². The number of rotatable bonds is 18. The maximum absolute atomic E-state index is 11.3. The van der Waals surface area contributed by atoms with Crippen LogP contribution in [-0.2, 0) is 24.0 Å². The topological polar surface area (TPSA) is 54.0 Å². The van der Waals surface area contributed by atoms with Gasteiger partial charge in [-0.15, -0.1) is 0 Å². The number of unbranched alkanes of at least 4 members (excludes halogenated alkanes) is 11. The van der Waals surface area contributed by atoms with Crippen molar-refractivity contribution in [1.82, 2.24) is 0 Å². The van der Waals surface area contributed by atoms with Crippen molar-refractivity contribution in [2.75, 3.05) is 14.2 Å². The maximum atomic E-state index is 11.3. The molecular weight excluding hydrogens is 392 g/mol. The third-order valence-corrected chi connectivity index (χ3v) is 5.65. The molecule has 0 N–H and O–H groups in total. The molecule has 0 aromatic carbocycles. The van der Waals surface area contributed by atoms with Crippen molar-refractivity contribution < 1.29 is 24.0 Å². The summed E-state index contributed by atoms with van der Waals surface area (Å²) in [6.45, 7) is 2.05. The first-order chi connectivity index (χ1) is 15.2. The Hall–Kier alpha value is -1.43. The van der Waals surface area contributed by atoms with Gasteiger partial charge in [0.1, 0.15) is 6.10 Å². The molecule has 0 fully saturated rings. The van der Waals surface area contributed by atoms with Crippen LogP contribution in [0, 0.1) is 0 Å². The number of ether oxygens (including phenoxy) is 2. The molecule has 0 saturated carbocycles. The standard InChI is InChI=1S/C26H44O5/c1-4-5-6-7-8-9-10-11-12-13-14-15-16-17-18-19-21-26(29-3)22-20-24(30-31-26)23-25(27)28-2/h4-7,20,22,24H,8-19,21,23H2,1-3H3/b5-4+,7-6+/t24-,26-/m0/s1. The van der Waals surface area contributed by atoms with Crippen LogP contribution in [0.15, 0.2) is 36.5 Å². The number of carbonyl (C=O) groups excluding carboxylic acids is 1. The summed E-state index contributed by atoms with van der Waals surface area (Å²) in [7, 11) is 2.98.